The lowest BCUT2D eigenvalue weighted by Gasteiger charge is -2.16. The van der Waals surface area contributed by atoms with Gasteiger partial charge in [0.2, 0.25) is 0 Å². The van der Waals surface area contributed by atoms with Gasteiger partial charge >= 0.3 is 0 Å². The molecule has 1 atom stereocenters. The molecule has 0 radical (unpaired) electrons. The molecule has 1 unspecified atom stereocenters. The molecule has 1 aliphatic rings. The normalized spacial score (nSPS) is 15.8. The van der Waals surface area contributed by atoms with Crippen molar-refractivity contribution in [3.05, 3.63) is 35.4 Å². The zero-order valence-electron chi connectivity index (χ0n) is 10.6. The number of carbonyl (C=O) groups excluding carboxylic acids is 1. The fourth-order valence-electron chi connectivity index (χ4n) is 2.05. The summed E-state index contributed by atoms with van der Waals surface area (Å²) >= 11 is 0. The van der Waals surface area contributed by atoms with Crippen molar-refractivity contribution in [1.82, 2.24) is 5.32 Å². The van der Waals surface area contributed by atoms with Crippen molar-refractivity contribution >= 4 is 5.91 Å². The van der Waals surface area contributed by atoms with Crippen molar-refractivity contribution in [3.8, 4) is 6.07 Å². The van der Waals surface area contributed by atoms with E-state index in [1.807, 2.05) is 6.07 Å². The molecule has 1 saturated carbocycles. The van der Waals surface area contributed by atoms with E-state index in [4.69, 9.17) is 5.26 Å². The second kappa shape index (κ2) is 5.68. The Morgan fingerprint density at radius 3 is 2.61 bits per heavy atom. The van der Waals surface area contributed by atoms with Crippen LogP contribution in [0.4, 0.5) is 0 Å². The molecular formula is C15H18N2O. The zero-order chi connectivity index (χ0) is 13.0. The first-order valence-electron chi connectivity index (χ1n) is 6.54. The van der Waals surface area contributed by atoms with Crippen LogP contribution >= 0.6 is 0 Å². The highest BCUT2D eigenvalue weighted by molar-refractivity contribution is 5.94. The van der Waals surface area contributed by atoms with Crippen LogP contribution in [-0.2, 0) is 0 Å². The number of nitrogens with one attached hydrogen (secondary N) is 1. The highest BCUT2D eigenvalue weighted by Gasteiger charge is 2.25. The Morgan fingerprint density at radius 1 is 1.44 bits per heavy atom. The van der Waals surface area contributed by atoms with Gasteiger partial charge in [0.05, 0.1) is 11.6 Å². The van der Waals surface area contributed by atoms with Crippen molar-refractivity contribution < 1.29 is 4.79 Å². The minimum absolute atomic E-state index is 0.0352. The number of nitrogens with zero attached hydrogens (tertiary/aromatic N) is 1. The van der Waals surface area contributed by atoms with E-state index in [0.29, 0.717) is 11.1 Å². The Morgan fingerprint density at radius 2 is 2.11 bits per heavy atom. The molecule has 18 heavy (non-hydrogen) atoms. The van der Waals surface area contributed by atoms with Gasteiger partial charge in [-0.05, 0) is 43.0 Å². The Hall–Kier alpha value is -1.82. The van der Waals surface area contributed by atoms with Gasteiger partial charge in [0, 0.05) is 11.6 Å². The molecule has 94 valence electrons. The summed E-state index contributed by atoms with van der Waals surface area (Å²) in [6.45, 7) is 2.10. The minimum atomic E-state index is -0.0352. The molecule has 1 N–H and O–H groups in total. The van der Waals surface area contributed by atoms with Gasteiger partial charge in [-0.1, -0.05) is 19.8 Å². The van der Waals surface area contributed by atoms with Crippen molar-refractivity contribution in [2.75, 3.05) is 0 Å². The second-order valence-corrected chi connectivity index (χ2v) is 4.95. The average Bonchev–Trinajstić information content (AvgIpc) is 3.22. The second-order valence-electron chi connectivity index (χ2n) is 4.95. The summed E-state index contributed by atoms with van der Waals surface area (Å²) in [5, 5.41) is 11.8. The predicted molar refractivity (Wildman–Crippen MR) is 70.0 cm³/mol. The summed E-state index contributed by atoms with van der Waals surface area (Å²) < 4.78 is 0. The molecule has 0 spiro atoms. The average molecular weight is 242 g/mol. The first-order valence-corrected chi connectivity index (χ1v) is 6.54. The van der Waals surface area contributed by atoms with Gasteiger partial charge in [0.25, 0.3) is 5.91 Å². The Kier molecular flexibility index (Phi) is 3.99. The third-order valence-electron chi connectivity index (χ3n) is 3.42. The fraction of sp³-hybridized carbons (Fsp3) is 0.467. The highest BCUT2D eigenvalue weighted by atomic mass is 16.1. The quantitative estimate of drug-likeness (QED) is 0.863. The number of benzene rings is 1. The molecule has 0 bridgehead atoms. The van der Waals surface area contributed by atoms with E-state index in [-0.39, 0.29) is 11.9 Å². The lowest BCUT2D eigenvalue weighted by molar-refractivity contribution is 0.0932. The van der Waals surface area contributed by atoms with Gasteiger partial charge < -0.3 is 5.32 Å². The molecule has 3 nitrogen and oxygen atoms in total. The Balaban J connectivity index is 1.94. The standard InChI is InChI=1S/C15H18N2O/c1-2-14(9-11-3-4-11)17-15(18)13-7-5-12(10-16)6-8-13/h5-8,11,14H,2-4,9H2,1H3,(H,17,18). The molecule has 2 rings (SSSR count). The summed E-state index contributed by atoms with van der Waals surface area (Å²) in [5.41, 5.74) is 1.21. The summed E-state index contributed by atoms with van der Waals surface area (Å²) in [6, 6.07) is 9.09. The third-order valence-corrected chi connectivity index (χ3v) is 3.42. The fourth-order valence-corrected chi connectivity index (χ4v) is 2.05. The van der Waals surface area contributed by atoms with Gasteiger partial charge in [0.1, 0.15) is 0 Å². The van der Waals surface area contributed by atoms with Crippen LogP contribution < -0.4 is 5.32 Å². The molecule has 1 fully saturated rings. The van der Waals surface area contributed by atoms with E-state index in [9.17, 15) is 4.79 Å². The maximum Gasteiger partial charge on any atom is 0.251 e. The van der Waals surface area contributed by atoms with Crippen LogP contribution in [0.3, 0.4) is 0 Å². The summed E-state index contributed by atoms with van der Waals surface area (Å²) in [5.74, 6) is 0.781. The van der Waals surface area contributed by atoms with Crippen LogP contribution in [0.25, 0.3) is 0 Å². The molecule has 1 aromatic rings. The van der Waals surface area contributed by atoms with E-state index in [2.05, 4.69) is 12.2 Å². The van der Waals surface area contributed by atoms with Gasteiger partial charge in [-0.15, -0.1) is 0 Å². The van der Waals surface area contributed by atoms with Crippen LogP contribution in [0.2, 0.25) is 0 Å². The molecule has 0 aromatic heterocycles. The van der Waals surface area contributed by atoms with E-state index in [0.717, 1.165) is 18.8 Å². The molecule has 3 heteroatoms. The van der Waals surface area contributed by atoms with Crippen molar-refractivity contribution in [2.24, 2.45) is 5.92 Å². The Bertz CT molecular complexity index is 454. The van der Waals surface area contributed by atoms with Crippen molar-refractivity contribution in [2.45, 2.75) is 38.6 Å². The molecule has 1 aliphatic carbocycles. The van der Waals surface area contributed by atoms with Gasteiger partial charge in [-0.25, -0.2) is 0 Å². The number of hydrogen-bond donors (Lipinski definition) is 1. The smallest absolute Gasteiger partial charge is 0.251 e. The molecule has 0 heterocycles. The SMILES string of the molecule is CCC(CC1CC1)NC(=O)c1ccc(C#N)cc1. The van der Waals surface area contributed by atoms with Gasteiger partial charge in [-0.2, -0.15) is 5.26 Å². The first kappa shape index (κ1) is 12.6. The number of amides is 1. The van der Waals surface area contributed by atoms with Crippen LogP contribution in [0, 0.1) is 17.2 Å². The van der Waals surface area contributed by atoms with E-state index < -0.39 is 0 Å². The molecule has 0 saturated heterocycles. The summed E-state index contributed by atoms with van der Waals surface area (Å²) in [6.07, 6.45) is 4.68. The number of nitriles is 1. The lowest BCUT2D eigenvalue weighted by Crippen LogP contribution is -2.34. The first-order chi connectivity index (χ1) is 8.72. The topological polar surface area (TPSA) is 52.9 Å². The van der Waals surface area contributed by atoms with Gasteiger partial charge in [-0.3, -0.25) is 4.79 Å². The Labute approximate surface area is 108 Å². The largest absolute Gasteiger partial charge is 0.349 e. The molecule has 0 aliphatic heterocycles. The maximum atomic E-state index is 12.0. The predicted octanol–water partition coefficient (Wildman–Crippen LogP) is 2.87. The van der Waals surface area contributed by atoms with Crippen LogP contribution in [0.5, 0.6) is 0 Å². The number of rotatable bonds is 5. The molecular weight excluding hydrogens is 224 g/mol. The van der Waals surface area contributed by atoms with Crippen LogP contribution in [0.1, 0.15) is 48.5 Å². The zero-order valence-corrected chi connectivity index (χ0v) is 10.6. The summed E-state index contributed by atoms with van der Waals surface area (Å²) in [4.78, 5) is 12.0. The van der Waals surface area contributed by atoms with Crippen LogP contribution in [0.15, 0.2) is 24.3 Å². The van der Waals surface area contributed by atoms with Crippen LogP contribution in [-0.4, -0.2) is 11.9 Å². The van der Waals surface area contributed by atoms with Crippen molar-refractivity contribution in [1.29, 1.82) is 5.26 Å². The van der Waals surface area contributed by atoms with Gasteiger partial charge in [0.15, 0.2) is 0 Å². The van der Waals surface area contributed by atoms with E-state index in [1.165, 1.54) is 12.8 Å². The number of hydrogen-bond acceptors (Lipinski definition) is 2. The minimum Gasteiger partial charge on any atom is -0.349 e. The molecule has 1 amide bonds. The van der Waals surface area contributed by atoms with Crippen molar-refractivity contribution in [3.63, 3.8) is 0 Å². The molecule has 1 aromatic carbocycles. The highest BCUT2D eigenvalue weighted by Crippen LogP contribution is 2.34. The maximum absolute atomic E-state index is 12.0. The van der Waals surface area contributed by atoms with E-state index >= 15 is 0 Å². The lowest BCUT2D eigenvalue weighted by atomic mass is 10.1. The van der Waals surface area contributed by atoms with E-state index in [1.54, 1.807) is 24.3 Å². The third kappa shape index (κ3) is 3.33. The monoisotopic (exact) mass is 242 g/mol. The number of carbonyl (C=O) groups is 1. The summed E-state index contributed by atoms with van der Waals surface area (Å²) in [7, 11) is 0.